The Morgan fingerprint density at radius 2 is 2.17 bits per heavy atom. The van der Waals surface area contributed by atoms with E-state index in [0.717, 1.165) is 25.1 Å². The first-order chi connectivity index (χ1) is 10.9. The van der Waals surface area contributed by atoms with Crippen LogP contribution < -0.4 is 0 Å². The second kappa shape index (κ2) is 5.98. The monoisotopic (exact) mass is 325 g/mol. The van der Waals surface area contributed by atoms with Gasteiger partial charge in [0.25, 0.3) is 5.91 Å². The normalized spacial score (nSPS) is 18.4. The fraction of sp³-hybridized carbons (Fsp3) is 0.429. The summed E-state index contributed by atoms with van der Waals surface area (Å²) in [5, 5.41) is 7.59. The van der Waals surface area contributed by atoms with Gasteiger partial charge in [0.2, 0.25) is 0 Å². The molecule has 0 aliphatic carbocycles. The lowest BCUT2D eigenvalue weighted by Crippen LogP contribution is -2.38. The molecule has 2 aromatic heterocycles. The van der Waals surface area contributed by atoms with Crippen LogP contribution in [0.3, 0.4) is 0 Å². The van der Waals surface area contributed by atoms with E-state index in [9.17, 15) is 18.0 Å². The van der Waals surface area contributed by atoms with Crippen LogP contribution in [0.2, 0.25) is 0 Å². The van der Waals surface area contributed by atoms with Crippen LogP contribution in [0.1, 0.15) is 28.9 Å². The molecule has 0 aromatic carbocycles. The number of rotatable bonds is 3. The minimum atomic E-state index is -4.51. The molecule has 0 unspecified atom stereocenters. The van der Waals surface area contributed by atoms with E-state index in [-0.39, 0.29) is 17.5 Å². The zero-order valence-corrected chi connectivity index (χ0v) is 12.1. The number of pyridine rings is 1. The highest BCUT2D eigenvalue weighted by molar-refractivity contribution is 5.94. The van der Waals surface area contributed by atoms with Crippen LogP contribution in [0.5, 0.6) is 0 Å². The van der Waals surface area contributed by atoms with Crippen LogP contribution in [0, 0.1) is 0 Å². The van der Waals surface area contributed by atoms with E-state index in [0.29, 0.717) is 13.1 Å². The lowest BCUT2D eigenvalue weighted by molar-refractivity contribution is -0.141. The van der Waals surface area contributed by atoms with Crippen molar-refractivity contribution in [3.05, 3.63) is 42.0 Å². The summed E-state index contributed by atoms with van der Waals surface area (Å²) < 4.78 is 39.2. The van der Waals surface area contributed by atoms with E-state index in [1.54, 1.807) is 22.0 Å². The Morgan fingerprint density at radius 1 is 1.35 bits per heavy atom. The molecule has 1 aliphatic rings. The zero-order chi connectivity index (χ0) is 16.4. The van der Waals surface area contributed by atoms with E-state index in [4.69, 9.17) is 0 Å². The summed E-state index contributed by atoms with van der Waals surface area (Å²) in [7, 11) is 0. The number of amides is 1. The third kappa shape index (κ3) is 3.33. The number of carbonyl (C=O) groups excluding carboxylic acids is 1. The highest BCUT2D eigenvalue weighted by Crippen LogP contribution is 2.28. The van der Waals surface area contributed by atoms with Gasteiger partial charge in [-0.05, 0) is 25.0 Å². The number of halogens is 3. The molecule has 0 radical (unpaired) electrons. The minimum Gasteiger partial charge on any atom is -0.334 e. The molecule has 1 atom stereocenters. The summed E-state index contributed by atoms with van der Waals surface area (Å²) in [6.45, 7) is 1.08. The molecule has 9 heteroatoms. The number of hydrogen-bond donors (Lipinski definition) is 0. The molecule has 1 fully saturated rings. The van der Waals surface area contributed by atoms with Crippen molar-refractivity contribution in [1.29, 1.82) is 0 Å². The van der Waals surface area contributed by atoms with Crippen molar-refractivity contribution in [3.63, 3.8) is 0 Å². The van der Waals surface area contributed by atoms with Crippen LogP contribution in [0.4, 0.5) is 13.2 Å². The fourth-order valence-corrected chi connectivity index (χ4v) is 2.69. The smallest absolute Gasteiger partial charge is 0.334 e. The molecule has 23 heavy (non-hydrogen) atoms. The van der Waals surface area contributed by atoms with Gasteiger partial charge >= 0.3 is 6.18 Å². The standard InChI is InChI=1S/C14H14F3N5O/c15-14(16,17)12-4-3-10(8-18-12)13(23)22-6-1-2-11(22)9-21-7-5-19-20-21/h3-5,7-8,11H,1-2,6,9H2/t11-/m0/s1. The van der Waals surface area contributed by atoms with Crippen LogP contribution in [0.15, 0.2) is 30.7 Å². The number of alkyl halides is 3. The second-order valence-corrected chi connectivity index (χ2v) is 5.35. The lowest BCUT2D eigenvalue weighted by Gasteiger charge is -2.24. The molecule has 1 aliphatic heterocycles. The average molecular weight is 325 g/mol. The number of hydrogen-bond acceptors (Lipinski definition) is 4. The quantitative estimate of drug-likeness (QED) is 0.866. The predicted octanol–water partition coefficient (Wildman–Crippen LogP) is 2.00. The zero-order valence-electron chi connectivity index (χ0n) is 12.1. The molecule has 0 saturated carbocycles. The minimum absolute atomic E-state index is 0.0495. The molecule has 6 nitrogen and oxygen atoms in total. The fourth-order valence-electron chi connectivity index (χ4n) is 2.69. The predicted molar refractivity (Wildman–Crippen MR) is 73.3 cm³/mol. The SMILES string of the molecule is O=C(c1ccc(C(F)(F)F)nc1)N1CCC[C@H]1Cn1ccnn1. The second-order valence-electron chi connectivity index (χ2n) is 5.35. The molecular formula is C14H14F3N5O. The largest absolute Gasteiger partial charge is 0.433 e. The van der Waals surface area contributed by atoms with Gasteiger partial charge in [-0.1, -0.05) is 5.21 Å². The van der Waals surface area contributed by atoms with Gasteiger partial charge in [0.1, 0.15) is 5.69 Å². The molecule has 2 aromatic rings. The molecule has 1 saturated heterocycles. The number of aromatic nitrogens is 4. The highest BCUT2D eigenvalue weighted by Gasteiger charge is 2.33. The van der Waals surface area contributed by atoms with E-state index >= 15 is 0 Å². The summed E-state index contributed by atoms with van der Waals surface area (Å²) in [6.07, 6.45) is 1.40. The average Bonchev–Trinajstić information content (AvgIpc) is 3.18. The topological polar surface area (TPSA) is 63.9 Å². The van der Waals surface area contributed by atoms with Crippen LogP contribution in [-0.4, -0.2) is 43.4 Å². The van der Waals surface area contributed by atoms with Crippen molar-refractivity contribution in [2.24, 2.45) is 0 Å². The molecule has 122 valence electrons. The Kier molecular flexibility index (Phi) is 4.01. The van der Waals surface area contributed by atoms with Gasteiger partial charge in [-0.2, -0.15) is 13.2 Å². The first kappa shape index (κ1) is 15.4. The summed E-state index contributed by atoms with van der Waals surface area (Å²) in [5.74, 6) is -0.311. The number of carbonyl (C=O) groups is 1. The third-order valence-corrected chi connectivity index (χ3v) is 3.81. The highest BCUT2D eigenvalue weighted by atomic mass is 19.4. The first-order valence-electron chi connectivity index (χ1n) is 7.13. The van der Waals surface area contributed by atoms with E-state index < -0.39 is 11.9 Å². The number of likely N-dealkylation sites (tertiary alicyclic amines) is 1. The Labute approximate surface area is 129 Å². The van der Waals surface area contributed by atoms with Crippen molar-refractivity contribution in [2.45, 2.75) is 31.6 Å². The van der Waals surface area contributed by atoms with Crippen LogP contribution in [0.25, 0.3) is 0 Å². The molecule has 0 spiro atoms. The van der Waals surface area contributed by atoms with Crippen molar-refractivity contribution >= 4 is 5.91 Å². The maximum atomic E-state index is 12.5. The Morgan fingerprint density at radius 3 is 2.78 bits per heavy atom. The van der Waals surface area contributed by atoms with Crippen molar-refractivity contribution in [2.75, 3.05) is 6.54 Å². The third-order valence-electron chi connectivity index (χ3n) is 3.81. The van der Waals surface area contributed by atoms with E-state index in [1.165, 1.54) is 6.07 Å². The molecule has 0 N–H and O–H groups in total. The summed E-state index contributed by atoms with van der Waals surface area (Å²) in [5.41, 5.74) is -0.849. The maximum absolute atomic E-state index is 12.5. The Bertz CT molecular complexity index is 669. The first-order valence-corrected chi connectivity index (χ1v) is 7.13. The van der Waals surface area contributed by atoms with Gasteiger partial charge in [-0.25, -0.2) is 0 Å². The Balaban J connectivity index is 1.73. The van der Waals surface area contributed by atoms with Crippen molar-refractivity contribution in [3.8, 4) is 0 Å². The van der Waals surface area contributed by atoms with Gasteiger partial charge in [-0.15, -0.1) is 5.10 Å². The summed E-state index contributed by atoms with van der Waals surface area (Å²) in [4.78, 5) is 17.5. The van der Waals surface area contributed by atoms with Gasteiger partial charge in [0, 0.05) is 18.9 Å². The molecule has 0 bridgehead atoms. The lowest BCUT2D eigenvalue weighted by atomic mass is 10.2. The van der Waals surface area contributed by atoms with Gasteiger partial charge in [0.15, 0.2) is 0 Å². The van der Waals surface area contributed by atoms with Crippen molar-refractivity contribution in [1.82, 2.24) is 24.9 Å². The Hall–Kier alpha value is -2.45. The van der Waals surface area contributed by atoms with Crippen LogP contribution in [-0.2, 0) is 12.7 Å². The van der Waals surface area contributed by atoms with E-state index in [1.807, 2.05) is 0 Å². The van der Waals surface area contributed by atoms with Crippen molar-refractivity contribution < 1.29 is 18.0 Å². The maximum Gasteiger partial charge on any atom is 0.433 e. The van der Waals surface area contributed by atoms with Gasteiger partial charge < -0.3 is 4.90 Å². The summed E-state index contributed by atoms with van der Waals surface area (Å²) >= 11 is 0. The van der Waals surface area contributed by atoms with E-state index in [2.05, 4.69) is 15.3 Å². The number of nitrogens with zero attached hydrogens (tertiary/aromatic N) is 5. The van der Waals surface area contributed by atoms with Crippen LogP contribution >= 0.6 is 0 Å². The van der Waals surface area contributed by atoms with Gasteiger partial charge in [-0.3, -0.25) is 14.5 Å². The molecule has 3 rings (SSSR count). The molecule has 1 amide bonds. The summed E-state index contributed by atoms with van der Waals surface area (Å²) in [6, 6.07) is 1.95. The van der Waals surface area contributed by atoms with Gasteiger partial charge in [0.05, 0.1) is 24.3 Å². The molecule has 3 heterocycles. The molecular weight excluding hydrogens is 311 g/mol.